The second-order valence-electron chi connectivity index (χ2n) is 6.98. The summed E-state index contributed by atoms with van der Waals surface area (Å²) in [4.78, 5) is 15.7. The van der Waals surface area contributed by atoms with Crippen molar-refractivity contribution in [3.63, 3.8) is 0 Å². The Bertz CT molecular complexity index is 730. The number of para-hydroxylation sites is 2. The summed E-state index contributed by atoms with van der Waals surface area (Å²) in [6.07, 6.45) is 0.533. The van der Waals surface area contributed by atoms with Gasteiger partial charge in [0, 0.05) is 6.04 Å². The van der Waals surface area contributed by atoms with Crippen LogP contribution in [0.15, 0.2) is 24.3 Å². The minimum atomic E-state index is -2.96. The molecule has 2 heterocycles. The fraction of sp³-hybridized carbons (Fsp3) is 0.611. The summed E-state index contributed by atoms with van der Waals surface area (Å²) < 4.78 is 28.7. The lowest BCUT2D eigenvalue weighted by atomic mass is 10.2. The van der Waals surface area contributed by atoms with Crippen LogP contribution in [0.3, 0.4) is 0 Å². The zero-order valence-corrected chi connectivity index (χ0v) is 16.1. The van der Waals surface area contributed by atoms with Crippen molar-refractivity contribution < 1.29 is 22.8 Å². The molecule has 0 unspecified atom stereocenters. The smallest absolute Gasteiger partial charge is 0.275 e. The van der Waals surface area contributed by atoms with Gasteiger partial charge in [0.2, 0.25) is 0 Å². The summed E-state index contributed by atoms with van der Waals surface area (Å²) in [5.41, 5.74) is 1.11. The molecule has 2 saturated heterocycles. The van der Waals surface area contributed by atoms with Gasteiger partial charge in [-0.15, -0.1) is 0 Å². The van der Waals surface area contributed by atoms with Crippen LogP contribution in [-0.2, 0) is 14.6 Å². The number of piperazine rings is 1. The first-order valence-corrected chi connectivity index (χ1v) is 11.1. The van der Waals surface area contributed by atoms with Gasteiger partial charge in [-0.05, 0) is 25.5 Å². The number of ether oxygens (including phenoxy) is 1. The molecule has 7 nitrogen and oxygen atoms in total. The van der Waals surface area contributed by atoms with E-state index in [0.717, 1.165) is 37.6 Å². The first-order chi connectivity index (χ1) is 12.5. The van der Waals surface area contributed by atoms with Crippen LogP contribution in [0.4, 0.5) is 5.69 Å². The zero-order valence-electron chi connectivity index (χ0n) is 15.2. The SMILES string of the molecule is CCOc1ccccc1N1CC[NH+](CC(=O)N[C@@H]2CCS(=O)(=O)C2)CC1. The number of sulfone groups is 1. The largest absolute Gasteiger partial charge is 0.492 e. The fourth-order valence-corrected chi connectivity index (χ4v) is 5.32. The average molecular weight is 383 g/mol. The van der Waals surface area contributed by atoms with E-state index in [-0.39, 0.29) is 23.5 Å². The summed E-state index contributed by atoms with van der Waals surface area (Å²) in [6.45, 7) is 6.49. The van der Waals surface area contributed by atoms with E-state index in [9.17, 15) is 13.2 Å². The second-order valence-corrected chi connectivity index (χ2v) is 9.21. The molecule has 1 aromatic rings. The van der Waals surface area contributed by atoms with Gasteiger partial charge < -0.3 is 19.9 Å². The van der Waals surface area contributed by atoms with Crippen molar-refractivity contribution in [1.29, 1.82) is 0 Å². The van der Waals surface area contributed by atoms with Crippen molar-refractivity contribution >= 4 is 21.4 Å². The van der Waals surface area contributed by atoms with Crippen LogP contribution >= 0.6 is 0 Å². The number of benzene rings is 1. The molecule has 144 valence electrons. The number of nitrogens with zero attached hydrogens (tertiary/aromatic N) is 1. The third-order valence-electron chi connectivity index (χ3n) is 4.98. The lowest BCUT2D eigenvalue weighted by molar-refractivity contribution is -0.892. The number of amides is 1. The van der Waals surface area contributed by atoms with Gasteiger partial charge in [-0.25, -0.2) is 8.42 Å². The third kappa shape index (κ3) is 4.88. The van der Waals surface area contributed by atoms with Crippen LogP contribution in [0.2, 0.25) is 0 Å². The Morgan fingerprint density at radius 1 is 1.31 bits per heavy atom. The van der Waals surface area contributed by atoms with E-state index in [1.165, 1.54) is 4.90 Å². The van der Waals surface area contributed by atoms with Crippen LogP contribution in [-0.4, -0.2) is 71.2 Å². The number of carbonyl (C=O) groups is 1. The lowest BCUT2D eigenvalue weighted by Gasteiger charge is -2.34. The minimum Gasteiger partial charge on any atom is -0.492 e. The molecule has 0 bridgehead atoms. The van der Waals surface area contributed by atoms with Crippen molar-refractivity contribution in [1.82, 2.24) is 5.32 Å². The number of hydrogen-bond acceptors (Lipinski definition) is 5. The molecule has 0 aliphatic carbocycles. The molecule has 2 aliphatic heterocycles. The average Bonchev–Trinajstić information content (AvgIpc) is 2.95. The molecule has 1 amide bonds. The first-order valence-electron chi connectivity index (χ1n) is 9.27. The maximum Gasteiger partial charge on any atom is 0.275 e. The number of hydrogen-bond donors (Lipinski definition) is 2. The first kappa shape index (κ1) is 19.0. The van der Waals surface area contributed by atoms with E-state index >= 15 is 0 Å². The van der Waals surface area contributed by atoms with E-state index in [1.807, 2.05) is 25.1 Å². The molecule has 3 rings (SSSR count). The Hall–Kier alpha value is -1.80. The molecule has 0 saturated carbocycles. The highest BCUT2D eigenvalue weighted by Crippen LogP contribution is 2.27. The summed E-state index contributed by atoms with van der Waals surface area (Å²) >= 11 is 0. The van der Waals surface area contributed by atoms with Gasteiger partial charge >= 0.3 is 0 Å². The molecular formula is C18H28N3O4S+. The van der Waals surface area contributed by atoms with Crippen LogP contribution < -0.4 is 19.9 Å². The van der Waals surface area contributed by atoms with E-state index in [0.29, 0.717) is 19.6 Å². The molecule has 26 heavy (non-hydrogen) atoms. The van der Waals surface area contributed by atoms with Gasteiger partial charge in [-0.2, -0.15) is 0 Å². The monoisotopic (exact) mass is 382 g/mol. The van der Waals surface area contributed by atoms with Crippen molar-refractivity contribution in [2.75, 3.05) is 55.7 Å². The molecular weight excluding hydrogens is 354 g/mol. The molecule has 1 atom stereocenters. The number of nitrogens with one attached hydrogen (secondary N) is 2. The maximum absolute atomic E-state index is 12.2. The highest BCUT2D eigenvalue weighted by molar-refractivity contribution is 7.91. The predicted molar refractivity (Wildman–Crippen MR) is 101 cm³/mol. The van der Waals surface area contributed by atoms with Crippen LogP contribution in [0.25, 0.3) is 0 Å². The van der Waals surface area contributed by atoms with Crippen molar-refractivity contribution in [3.05, 3.63) is 24.3 Å². The quantitative estimate of drug-likeness (QED) is 0.666. The Morgan fingerprint density at radius 3 is 2.69 bits per heavy atom. The summed E-state index contributed by atoms with van der Waals surface area (Å²) in [5, 5.41) is 2.88. The molecule has 2 fully saturated rings. The highest BCUT2D eigenvalue weighted by atomic mass is 32.2. The van der Waals surface area contributed by atoms with Gasteiger partial charge in [-0.1, -0.05) is 12.1 Å². The Kier molecular flexibility index (Phi) is 6.03. The van der Waals surface area contributed by atoms with Crippen molar-refractivity contribution in [3.8, 4) is 5.75 Å². The standard InChI is InChI=1S/C18H27N3O4S/c1-2-25-17-6-4-3-5-16(17)21-10-8-20(9-11-21)13-18(22)19-15-7-12-26(23,24)14-15/h3-6,15H,2,7-14H2,1H3,(H,19,22)/p+1/t15-/m1/s1. The van der Waals surface area contributed by atoms with Gasteiger partial charge in [0.15, 0.2) is 16.4 Å². The van der Waals surface area contributed by atoms with Gasteiger partial charge in [-0.3, -0.25) is 4.79 Å². The Balaban J connectivity index is 1.47. The molecule has 0 radical (unpaired) electrons. The lowest BCUT2D eigenvalue weighted by Crippen LogP contribution is -3.16. The molecule has 8 heteroatoms. The maximum atomic E-state index is 12.2. The normalized spacial score (nSPS) is 23.0. The predicted octanol–water partition coefficient (Wildman–Crippen LogP) is -0.906. The Labute approximate surface area is 155 Å². The van der Waals surface area contributed by atoms with E-state index < -0.39 is 9.84 Å². The van der Waals surface area contributed by atoms with Crippen molar-refractivity contribution in [2.24, 2.45) is 0 Å². The molecule has 0 spiro atoms. The van der Waals surface area contributed by atoms with E-state index in [4.69, 9.17) is 4.74 Å². The fourth-order valence-electron chi connectivity index (χ4n) is 3.65. The van der Waals surface area contributed by atoms with E-state index in [2.05, 4.69) is 16.3 Å². The van der Waals surface area contributed by atoms with Crippen LogP contribution in [0.1, 0.15) is 13.3 Å². The number of anilines is 1. The zero-order chi connectivity index (χ0) is 18.6. The third-order valence-corrected chi connectivity index (χ3v) is 6.75. The summed E-state index contributed by atoms with van der Waals surface area (Å²) in [6, 6.07) is 7.83. The van der Waals surface area contributed by atoms with Gasteiger partial charge in [0.1, 0.15) is 5.75 Å². The molecule has 2 N–H and O–H groups in total. The summed E-state index contributed by atoms with van der Waals surface area (Å²) in [7, 11) is -2.96. The van der Waals surface area contributed by atoms with Crippen LogP contribution in [0, 0.1) is 0 Å². The van der Waals surface area contributed by atoms with Crippen molar-refractivity contribution in [2.45, 2.75) is 19.4 Å². The van der Waals surface area contributed by atoms with Crippen LogP contribution in [0.5, 0.6) is 5.75 Å². The molecule has 1 aromatic carbocycles. The minimum absolute atomic E-state index is 0.0507. The molecule has 0 aromatic heterocycles. The summed E-state index contributed by atoms with van der Waals surface area (Å²) in [5.74, 6) is 1.11. The topological polar surface area (TPSA) is 80.2 Å². The van der Waals surface area contributed by atoms with Gasteiger partial charge in [0.25, 0.3) is 5.91 Å². The Morgan fingerprint density at radius 2 is 2.04 bits per heavy atom. The van der Waals surface area contributed by atoms with Gasteiger partial charge in [0.05, 0.1) is 50.0 Å². The van der Waals surface area contributed by atoms with E-state index in [1.54, 1.807) is 0 Å². The number of carbonyl (C=O) groups excluding carboxylic acids is 1. The molecule has 2 aliphatic rings. The second kappa shape index (κ2) is 8.26. The number of rotatable bonds is 6. The highest BCUT2D eigenvalue weighted by Gasteiger charge is 2.30. The number of quaternary nitrogens is 1.